The number of rotatable bonds is 3. The number of hydrogen-bond acceptors (Lipinski definition) is 2. The first-order chi connectivity index (χ1) is 7.36. The molecule has 1 heterocycles. The molecule has 0 fully saturated rings. The Labute approximate surface area is 93.6 Å². The van der Waals surface area contributed by atoms with E-state index >= 15 is 0 Å². The molecule has 1 aromatic carbocycles. The van der Waals surface area contributed by atoms with E-state index in [1.54, 1.807) is 18.4 Å². The van der Waals surface area contributed by atoms with Gasteiger partial charge in [-0.05, 0) is 34.0 Å². The van der Waals surface area contributed by atoms with E-state index in [2.05, 4.69) is 23.4 Å². The standard InChI is InChI=1S/C13H12OS/c1-3-10-5-4-6-12(14-2)13(10)11-7-8-15-9-11/h3-9H,1H2,2H3. The minimum Gasteiger partial charge on any atom is -0.496 e. The number of thiophene rings is 1. The fraction of sp³-hybridized carbons (Fsp3) is 0.0769. The highest BCUT2D eigenvalue weighted by Crippen LogP contribution is 2.34. The van der Waals surface area contributed by atoms with Crippen molar-refractivity contribution in [3.8, 4) is 16.9 Å². The van der Waals surface area contributed by atoms with Crippen molar-refractivity contribution in [1.29, 1.82) is 0 Å². The first-order valence-electron chi connectivity index (χ1n) is 4.69. The van der Waals surface area contributed by atoms with Crippen molar-refractivity contribution < 1.29 is 4.74 Å². The van der Waals surface area contributed by atoms with Crippen molar-refractivity contribution in [3.05, 3.63) is 47.2 Å². The summed E-state index contributed by atoms with van der Waals surface area (Å²) < 4.78 is 5.37. The summed E-state index contributed by atoms with van der Waals surface area (Å²) in [6, 6.07) is 8.09. The van der Waals surface area contributed by atoms with Gasteiger partial charge < -0.3 is 4.74 Å². The largest absolute Gasteiger partial charge is 0.496 e. The molecule has 1 nitrogen and oxygen atoms in total. The summed E-state index contributed by atoms with van der Waals surface area (Å²) >= 11 is 1.68. The van der Waals surface area contributed by atoms with Crippen LogP contribution in [-0.4, -0.2) is 7.11 Å². The molecule has 0 N–H and O–H groups in total. The summed E-state index contributed by atoms with van der Waals surface area (Å²) in [5.74, 6) is 0.894. The highest BCUT2D eigenvalue weighted by Gasteiger charge is 2.09. The van der Waals surface area contributed by atoms with Gasteiger partial charge in [-0.1, -0.05) is 24.8 Å². The first kappa shape index (κ1) is 9.99. The molecule has 2 rings (SSSR count). The SMILES string of the molecule is C=Cc1cccc(OC)c1-c1ccsc1. The Hall–Kier alpha value is -1.54. The lowest BCUT2D eigenvalue weighted by atomic mass is 10.0. The molecular weight excluding hydrogens is 204 g/mol. The maximum Gasteiger partial charge on any atom is 0.127 e. The van der Waals surface area contributed by atoms with E-state index in [9.17, 15) is 0 Å². The summed E-state index contributed by atoms with van der Waals surface area (Å²) in [6.07, 6.45) is 1.86. The van der Waals surface area contributed by atoms with Crippen LogP contribution in [0.4, 0.5) is 0 Å². The predicted molar refractivity (Wildman–Crippen MR) is 66.4 cm³/mol. The molecular formula is C13H12OS. The van der Waals surface area contributed by atoms with Crippen molar-refractivity contribution in [1.82, 2.24) is 0 Å². The van der Waals surface area contributed by atoms with Gasteiger partial charge in [0.25, 0.3) is 0 Å². The van der Waals surface area contributed by atoms with Gasteiger partial charge >= 0.3 is 0 Å². The Morgan fingerprint density at radius 3 is 2.80 bits per heavy atom. The quantitative estimate of drug-likeness (QED) is 0.751. The van der Waals surface area contributed by atoms with Crippen LogP contribution < -0.4 is 4.74 Å². The molecule has 0 aliphatic carbocycles. The average Bonchev–Trinajstić information content (AvgIpc) is 2.81. The molecule has 0 radical (unpaired) electrons. The summed E-state index contributed by atoms with van der Waals surface area (Å²) in [5.41, 5.74) is 3.41. The van der Waals surface area contributed by atoms with Gasteiger partial charge in [-0.25, -0.2) is 0 Å². The summed E-state index contributed by atoms with van der Waals surface area (Å²) in [6.45, 7) is 3.82. The highest BCUT2D eigenvalue weighted by molar-refractivity contribution is 7.08. The van der Waals surface area contributed by atoms with Crippen LogP contribution in [0.5, 0.6) is 5.75 Å². The first-order valence-corrected chi connectivity index (χ1v) is 5.63. The van der Waals surface area contributed by atoms with Crippen LogP contribution in [0.25, 0.3) is 17.2 Å². The highest BCUT2D eigenvalue weighted by atomic mass is 32.1. The van der Waals surface area contributed by atoms with E-state index in [0.717, 1.165) is 16.9 Å². The van der Waals surface area contributed by atoms with Gasteiger partial charge in [-0.3, -0.25) is 0 Å². The Bertz CT molecular complexity index is 457. The van der Waals surface area contributed by atoms with Gasteiger partial charge in [-0.2, -0.15) is 11.3 Å². The minimum atomic E-state index is 0.894. The Morgan fingerprint density at radius 2 is 2.20 bits per heavy atom. The van der Waals surface area contributed by atoms with Gasteiger partial charge in [0.2, 0.25) is 0 Å². The Morgan fingerprint density at radius 1 is 1.33 bits per heavy atom. The average molecular weight is 216 g/mol. The zero-order valence-electron chi connectivity index (χ0n) is 8.57. The van der Waals surface area contributed by atoms with E-state index in [0.29, 0.717) is 0 Å². The fourth-order valence-corrected chi connectivity index (χ4v) is 2.25. The molecule has 76 valence electrons. The third-order valence-electron chi connectivity index (χ3n) is 2.31. The van der Waals surface area contributed by atoms with Crippen molar-refractivity contribution in [2.45, 2.75) is 0 Å². The van der Waals surface area contributed by atoms with E-state index in [4.69, 9.17) is 4.74 Å². The number of benzene rings is 1. The molecule has 2 heteroatoms. The third kappa shape index (κ3) is 1.81. The van der Waals surface area contributed by atoms with Gasteiger partial charge in [0.1, 0.15) is 5.75 Å². The molecule has 0 spiro atoms. The van der Waals surface area contributed by atoms with Crippen LogP contribution in [-0.2, 0) is 0 Å². The van der Waals surface area contributed by atoms with Crippen molar-refractivity contribution >= 4 is 17.4 Å². The second kappa shape index (κ2) is 4.32. The summed E-state index contributed by atoms with van der Waals surface area (Å²) in [4.78, 5) is 0. The van der Waals surface area contributed by atoms with Crippen LogP contribution in [0.1, 0.15) is 5.56 Å². The maximum absolute atomic E-state index is 5.37. The normalized spacial score (nSPS) is 9.93. The van der Waals surface area contributed by atoms with E-state index in [1.807, 2.05) is 24.3 Å². The number of methoxy groups -OCH3 is 1. The van der Waals surface area contributed by atoms with Crippen LogP contribution in [0.3, 0.4) is 0 Å². The molecule has 0 amide bonds. The zero-order chi connectivity index (χ0) is 10.7. The lowest BCUT2D eigenvalue weighted by molar-refractivity contribution is 0.416. The van der Waals surface area contributed by atoms with Crippen molar-refractivity contribution in [3.63, 3.8) is 0 Å². The lowest BCUT2D eigenvalue weighted by Gasteiger charge is -2.10. The molecule has 0 unspecified atom stereocenters. The zero-order valence-corrected chi connectivity index (χ0v) is 9.38. The lowest BCUT2D eigenvalue weighted by Crippen LogP contribution is -1.89. The molecule has 0 atom stereocenters. The van der Waals surface area contributed by atoms with Gasteiger partial charge in [0, 0.05) is 5.56 Å². The molecule has 0 saturated carbocycles. The smallest absolute Gasteiger partial charge is 0.127 e. The molecule has 0 saturated heterocycles. The second-order valence-corrected chi connectivity index (χ2v) is 3.92. The maximum atomic E-state index is 5.37. The molecule has 0 bridgehead atoms. The van der Waals surface area contributed by atoms with E-state index < -0.39 is 0 Å². The minimum absolute atomic E-state index is 0.894. The number of hydrogen-bond donors (Lipinski definition) is 0. The molecule has 2 aromatic rings. The van der Waals surface area contributed by atoms with Gasteiger partial charge in [0.05, 0.1) is 7.11 Å². The van der Waals surface area contributed by atoms with Crippen LogP contribution in [0, 0.1) is 0 Å². The molecule has 0 aliphatic heterocycles. The predicted octanol–water partition coefficient (Wildman–Crippen LogP) is 4.07. The second-order valence-electron chi connectivity index (χ2n) is 3.14. The summed E-state index contributed by atoms with van der Waals surface area (Å²) in [5, 5.41) is 4.18. The van der Waals surface area contributed by atoms with Crippen LogP contribution in [0.2, 0.25) is 0 Å². The third-order valence-corrected chi connectivity index (χ3v) is 2.99. The van der Waals surface area contributed by atoms with Crippen LogP contribution >= 0.6 is 11.3 Å². The van der Waals surface area contributed by atoms with E-state index in [1.165, 1.54) is 5.56 Å². The molecule has 15 heavy (non-hydrogen) atoms. The Kier molecular flexibility index (Phi) is 2.88. The van der Waals surface area contributed by atoms with Crippen molar-refractivity contribution in [2.24, 2.45) is 0 Å². The Balaban J connectivity index is 2.66. The van der Waals surface area contributed by atoms with Gasteiger partial charge in [0.15, 0.2) is 0 Å². The monoisotopic (exact) mass is 216 g/mol. The topological polar surface area (TPSA) is 9.23 Å². The summed E-state index contributed by atoms with van der Waals surface area (Å²) in [7, 11) is 1.69. The molecule has 0 aliphatic rings. The van der Waals surface area contributed by atoms with Crippen molar-refractivity contribution in [2.75, 3.05) is 7.11 Å². The number of ether oxygens (including phenoxy) is 1. The van der Waals surface area contributed by atoms with Crippen LogP contribution in [0.15, 0.2) is 41.6 Å². The van der Waals surface area contributed by atoms with Gasteiger partial charge in [-0.15, -0.1) is 0 Å². The molecule has 1 aromatic heterocycles. The fourth-order valence-electron chi connectivity index (χ4n) is 1.60. The van der Waals surface area contributed by atoms with E-state index in [-0.39, 0.29) is 0 Å².